The molecule has 2 fully saturated rings. The molecule has 4 aromatic rings. The van der Waals surface area contributed by atoms with Crippen molar-refractivity contribution in [3.05, 3.63) is 90.7 Å². The number of fused-ring (bicyclic) bond motifs is 1. The molecular formula is C37H44N4O3. The lowest BCUT2D eigenvalue weighted by Gasteiger charge is -2.28. The van der Waals surface area contributed by atoms with Crippen LogP contribution >= 0.6 is 0 Å². The standard InChI is InChI=1S/C29H28N4O3.C6H10.C2H6/c30-19-22-17-21(3-6-28(22)36-24-8-13-34-14-9-24)25-7-10-31-29-26(25)18-27(32-29)20-1-4-23(5-2-20)33-11-15-35-16-12-33;1-4-5-6(2)3;1-2/h1-7,10,17-18,24H,8-9,11-16H2,(H,31,32);4-5H,1H2,2-3H3;1-2H3. The highest BCUT2D eigenvalue weighted by molar-refractivity contribution is 5.96. The lowest BCUT2D eigenvalue weighted by molar-refractivity contribution is 0.0254. The number of morpholine rings is 1. The van der Waals surface area contributed by atoms with Gasteiger partial charge in [-0.1, -0.05) is 56.4 Å². The van der Waals surface area contributed by atoms with Gasteiger partial charge in [0.05, 0.1) is 32.0 Å². The summed E-state index contributed by atoms with van der Waals surface area (Å²) < 4.78 is 17.0. The molecule has 230 valence electrons. The van der Waals surface area contributed by atoms with Crippen molar-refractivity contribution in [3.63, 3.8) is 0 Å². The molecule has 0 bridgehead atoms. The molecule has 0 radical (unpaired) electrons. The van der Waals surface area contributed by atoms with Crippen LogP contribution in [0.25, 0.3) is 33.4 Å². The molecule has 2 aliphatic heterocycles. The molecule has 6 rings (SSSR count). The topological polar surface area (TPSA) is 83.4 Å². The zero-order chi connectivity index (χ0) is 31.3. The number of ether oxygens (including phenoxy) is 3. The smallest absolute Gasteiger partial charge is 0.138 e. The normalized spacial score (nSPS) is 14.8. The Hall–Kier alpha value is -4.38. The van der Waals surface area contributed by atoms with Gasteiger partial charge in [-0.15, -0.1) is 0 Å². The monoisotopic (exact) mass is 592 g/mol. The van der Waals surface area contributed by atoms with E-state index >= 15 is 0 Å². The molecule has 7 nitrogen and oxygen atoms in total. The maximum absolute atomic E-state index is 9.82. The number of H-pyrrole nitrogens is 1. The Morgan fingerprint density at radius 1 is 0.977 bits per heavy atom. The first kappa shape index (κ1) is 32.5. The van der Waals surface area contributed by atoms with Crippen molar-refractivity contribution in [3.8, 4) is 34.2 Å². The maximum atomic E-state index is 9.82. The summed E-state index contributed by atoms with van der Waals surface area (Å²) in [5.74, 6) is 0.633. The van der Waals surface area contributed by atoms with Crippen LogP contribution in [0.1, 0.15) is 46.1 Å². The molecular weight excluding hydrogens is 548 g/mol. The minimum atomic E-state index is 0.0891. The van der Waals surface area contributed by atoms with E-state index in [0.29, 0.717) is 24.5 Å². The molecule has 0 unspecified atom stereocenters. The molecule has 4 heterocycles. The van der Waals surface area contributed by atoms with Gasteiger partial charge in [0.25, 0.3) is 0 Å². The highest BCUT2D eigenvalue weighted by Gasteiger charge is 2.18. The number of allylic oxidation sites excluding steroid dienone is 3. The molecule has 2 aliphatic rings. The van der Waals surface area contributed by atoms with Gasteiger partial charge in [0.15, 0.2) is 0 Å². The minimum Gasteiger partial charge on any atom is -0.489 e. The van der Waals surface area contributed by atoms with Crippen LogP contribution in [0.4, 0.5) is 5.69 Å². The Morgan fingerprint density at radius 2 is 1.66 bits per heavy atom. The highest BCUT2D eigenvalue weighted by atomic mass is 16.5. The highest BCUT2D eigenvalue weighted by Crippen LogP contribution is 2.34. The van der Waals surface area contributed by atoms with E-state index in [1.807, 2.05) is 58.0 Å². The lowest BCUT2D eigenvalue weighted by Crippen LogP contribution is -2.36. The second kappa shape index (κ2) is 16.5. The summed E-state index contributed by atoms with van der Waals surface area (Å²) in [6.07, 6.45) is 7.34. The fourth-order valence-corrected chi connectivity index (χ4v) is 5.20. The van der Waals surface area contributed by atoms with Gasteiger partial charge in [-0.05, 0) is 66.9 Å². The summed E-state index contributed by atoms with van der Waals surface area (Å²) in [5.41, 5.74) is 7.98. The van der Waals surface area contributed by atoms with Crippen LogP contribution in [-0.4, -0.2) is 55.6 Å². The second-order valence-corrected chi connectivity index (χ2v) is 10.7. The number of rotatable bonds is 6. The van der Waals surface area contributed by atoms with E-state index in [4.69, 9.17) is 14.2 Å². The molecule has 0 saturated carbocycles. The molecule has 0 aliphatic carbocycles. The predicted octanol–water partition coefficient (Wildman–Crippen LogP) is 8.33. The first-order chi connectivity index (χ1) is 21.6. The van der Waals surface area contributed by atoms with E-state index in [9.17, 15) is 5.26 Å². The van der Waals surface area contributed by atoms with Crippen LogP contribution in [0.2, 0.25) is 0 Å². The lowest BCUT2D eigenvalue weighted by atomic mass is 10.0. The molecule has 1 N–H and O–H groups in total. The fraction of sp³-hybridized carbons (Fsp3) is 0.351. The van der Waals surface area contributed by atoms with E-state index in [1.165, 1.54) is 11.3 Å². The van der Waals surface area contributed by atoms with Gasteiger partial charge in [-0.25, -0.2) is 4.98 Å². The molecule has 44 heavy (non-hydrogen) atoms. The largest absolute Gasteiger partial charge is 0.489 e. The maximum Gasteiger partial charge on any atom is 0.138 e. The Kier molecular flexibility index (Phi) is 12.2. The van der Waals surface area contributed by atoms with Crippen LogP contribution in [0.5, 0.6) is 5.75 Å². The third-order valence-corrected chi connectivity index (χ3v) is 7.41. The SMILES string of the molecule is C=CC=C(C)C.CC.N#Cc1cc(-c2ccnc3[nH]c(-c4ccc(N5CCOCC5)cc4)cc23)ccc1OC1CCOCC1. The number of aromatic amines is 1. The Morgan fingerprint density at radius 3 is 2.30 bits per heavy atom. The van der Waals surface area contributed by atoms with Gasteiger partial charge >= 0.3 is 0 Å². The second-order valence-electron chi connectivity index (χ2n) is 10.7. The Labute approximate surface area is 261 Å². The molecule has 0 atom stereocenters. The van der Waals surface area contributed by atoms with Gasteiger partial charge in [0.1, 0.15) is 23.6 Å². The van der Waals surface area contributed by atoms with Crippen LogP contribution < -0.4 is 9.64 Å². The van der Waals surface area contributed by atoms with Crippen molar-refractivity contribution in [2.45, 2.75) is 46.6 Å². The van der Waals surface area contributed by atoms with E-state index in [0.717, 1.165) is 72.6 Å². The third kappa shape index (κ3) is 8.37. The predicted molar refractivity (Wildman–Crippen MR) is 180 cm³/mol. The minimum absolute atomic E-state index is 0.0891. The number of nitrogens with one attached hydrogen (secondary N) is 1. The number of anilines is 1. The van der Waals surface area contributed by atoms with Gasteiger partial charge in [0.2, 0.25) is 0 Å². The summed E-state index contributed by atoms with van der Waals surface area (Å²) in [7, 11) is 0. The molecule has 0 amide bonds. The van der Waals surface area contributed by atoms with Gasteiger partial charge in [-0.2, -0.15) is 5.26 Å². The summed E-state index contributed by atoms with van der Waals surface area (Å²) in [6, 6.07) is 20.9. The van der Waals surface area contributed by atoms with E-state index in [2.05, 4.69) is 57.8 Å². The number of hydrogen-bond acceptors (Lipinski definition) is 6. The molecule has 2 aromatic carbocycles. The van der Waals surface area contributed by atoms with Gasteiger partial charge in [0, 0.05) is 48.9 Å². The van der Waals surface area contributed by atoms with Crippen molar-refractivity contribution >= 4 is 16.7 Å². The van der Waals surface area contributed by atoms with Crippen molar-refractivity contribution in [2.24, 2.45) is 0 Å². The van der Waals surface area contributed by atoms with E-state index in [-0.39, 0.29) is 6.10 Å². The summed E-state index contributed by atoms with van der Waals surface area (Å²) in [4.78, 5) is 10.4. The van der Waals surface area contributed by atoms with E-state index in [1.54, 1.807) is 12.3 Å². The Balaban J connectivity index is 0.000000496. The van der Waals surface area contributed by atoms with Crippen molar-refractivity contribution < 1.29 is 14.2 Å². The van der Waals surface area contributed by atoms with Crippen molar-refractivity contribution in [1.29, 1.82) is 5.26 Å². The summed E-state index contributed by atoms with van der Waals surface area (Å²) in [6.45, 7) is 16.4. The average molecular weight is 593 g/mol. The van der Waals surface area contributed by atoms with E-state index < -0.39 is 0 Å². The van der Waals surface area contributed by atoms with Crippen molar-refractivity contribution in [1.82, 2.24) is 9.97 Å². The number of nitriles is 1. The zero-order valence-electron chi connectivity index (χ0n) is 26.4. The van der Waals surface area contributed by atoms with Gasteiger partial charge < -0.3 is 24.1 Å². The molecule has 2 aromatic heterocycles. The molecule has 7 heteroatoms. The fourth-order valence-electron chi connectivity index (χ4n) is 5.20. The first-order valence-electron chi connectivity index (χ1n) is 15.5. The first-order valence-corrected chi connectivity index (χ1v) is 15.5. The Bertz CT molecular complexity index is 1570. The summed E-state index contributed by atoms with van der Waals surface area (Å²) >= 11 is 0. The van der Waals surface area contributed by atoms with Gasteiger partial charge in [-0.3, -0.25) is 0 Å². The molecule has 2 saturated heterocycles. The van der Waals surface area contributed by atoms with Crippen LogP contribution in [0, 0.1) is 11.3 Å². The number of benzene rings is 2. The third-order valence-electron chi connectivity index (χ3n) is 7.41. The van der Waals surface area contributed by atoms with Crippen molar-refractivity contribution in [2.75, 3.05) is 44.4 Å². The number of aromatic nitrogens is 2. The van der Waals surface area contributed by atoms with Crippen LogP contribution in [0.3, 0.4) is 0 Å². The zero-order valence-corrected chi connectivity index (χ0v) is 26.4. The molecule has 0 spiro atoms. The number of hydrogen-bond donors (Lipinski definition) is 1. The van der Waals surface area contributed by atoms with Crippen LogP contribution in [-0.2, 0) is 9.47 Å². The average Bonchev–Trinajstić information content (AvgIpc) is 3.52. The summed E-state index contributed by atoms with van der Waals surface area (Å²) in [5, 5.41) is 10.8. The quantitative estimate of drug-likeness (QED) is 0.227. The number of nitrogens with zero attached hydrogens (tertiary/aromatic N) is 3. The number of pyridine rings is 1. The van der Waals surface area contributed by atoms with Crippen LogP contribution in [0.15, 0.2) is 85.1 Å².